The molecule has 1 saturated heterocycles. The molecule has 1 N–H and O–H groups in total. The summed E-state index contributed by atoms with van der Waals surface area (Å²) in [5.74, 6) is 0.602. The summed E-state index contributed by atoms with van der Waals surface area (Å²) in [7, 11) is 0. The number of carbonyl (C=O) groups is 2. The van der Waals surface area contributed by atoms with E-state index in [4.69, 9.17) is 0 Å². The zero-order chi connectivity index (χ0) is 15.1. The van der Waals surface area contributed by atoms with Crippen LogP contribution in [-0.4, -0.2) is 24.4 Å². The monoisotopic (exact) mass is 298 g/mol. The number of carbonyl (C=O) groups excluding carboxylic acids is 2. The maximum atomic E-state index is 12.1. The molecular formula is C18H22N2O2. The second-order valence-electron chi connectivity index (χ2n) is 6.87. The van der Waals surface area contributed by atoms with Crippen molar-refractivity contribution in [1.82, 2.24) is 5.32 Å². The van der Waals surface area contributed by atoms with Crippen LogP contribution in [0.25, 0.3) is 0 Å². The summed E-state index contributed by atoms with van der Waals surface area (Å²) in [6.07, 6.45) is 7.42. The van der Waals surface area contributed by atoms with Crippen molar-refractivity contribution in [2.24, 2.45) is 5.92 Å². The molecule has 22 heavy (non-hydrogen) atoms. The minimum Gasteiger partial charge on any atom is -0.359 e. The van der Waals surface area contributed by atoms with Gasteiger partial charge in [0, 0.05) is 18.7 Å². The van der Waals surface area contributed by atoms with Crippen molar-refractivity contribution in [2.75, 3.05) is 11.4 Å². The van der Waals surface area contributed by atoms with Crippen molar-refractivity contribution in [3.05, 3.63) is 29.3 Å². The predicted octanol–water partition coefficient (Wildman–Crippen LogP) is 2.20. The van der Waals surface area contributed by atoms with Crippen LogP contribution >= 0.6 is 0 Å². The van der Waals surface area contributed by atoms with Gasteiger partial charge in [0.2, 0.25) is 11.8 Å². The molecule has 2 heterocycles. The highest BCUT2D eigenvalue weighted by atomic mass is 16.2. The quantitative estimate of drug-likeness (QED) is 0.870. The van der Waals surface area contributed by atoms with Gasteiger partial charge in [-0.05, 0) is 42.4 Å². The average Bonchev–Trinajstić information content (AvgIpc) is 2.86. The van der Waals surface area contributed by atoms with Gasteiger partial charge in [-0.1, -0.05) is 31.4 Å². The second-order valence-corrected chi connectivity index (χ2v) is 6.87. The van der Waals surface area contributed by atoms with Crippen LogP contribution in [-0.2, 0) is 22.4 Å². The summed E-state index contributed by atoms with van der Waals surface area (Å²) in [5, 5.41) is 2.47. The van der Waals surface area contributed by atoms with Crippen LogP contribution < -0.4 is 10.2 Å². The highest BCUT2D eigenvalue weighted by Gasteiger charge is 2.35. The van der Waals surface area contributed by atoms with Crippen LogP contribution in [0.5, 0.6) is 0 Å². The largest absolute Gasteiger partial charge is 0.359 e. The van der Waals surface area contributed by atoms with Crippen molar-refractivity contribution in [3.8, 4) is 0 Å². The summed E-state index contributed by atoms with van der Waals surface area (Å²) in [6, 6.07) is 6.55. The van der Waals surface area contributed by atoms with E-state index in [0.29, 0.717) is 12.8 Å². The maximum absolute atomic E-state index is 12.1. The SMILES string of the molecule is O=C1CCC(N2CCc3cc(CC4CCC4)ccc32)C(=O)N1. The number of nitrogens with one attached hydrogen (secondary N) is 1. The molecule has 1 aliphatic carbocycles. The molecule has 2 amide bonds. The molecule has 0 radical (unpaired) electrons. The Morgan fingerprint density at radius 3 is 2.73 bits per heavy atom. The van der Waals surface area contributed by atoms with Crippen molar-refractivity contribution in [1.29, 1.82) is 0 Å². The van der Waals surface area contributed by atoms with E-state index < -0.39 is 0 Å². The number of piperidine rings is 1. The van der Waals surface area contributed by atoms with Gasteiger partial charge >= 0.3 is 0 Å². The third kappa shape index (κ3) is 2.40. The molecule has 4 rings (SSSR count). The molecule has 0 bridgehead atoms. The van der Waals surface area contributed by atoms with Crippen molar-refractivity contribution in [3.63, 3.8) is 0 Å². The number of nitrogens with zero attached hydrogens (tertiary/aromatic N) is 1. The maximum Gasteiger partial charge on any atom is 0.249 e. The van der Waals surface area contributed by atoms with Crippen LogP contribution in [0.4, 0.5) is 5.69 Å². The molecule has 4 heteroatoms. The Morgan fingerprint density at radius 1 is 1.14 bits per heavy atom. The fraction of sp³-hybridized carbons (Fsp3) is 0.556. The number of anilines is 1. The van der Waals surface area contributed by atoms with E-state index in [1.165, 1.54) is 42.5 Å². The zero-order valence-corrected chi connectivity index (χ0v) is 12.8. The molecule has 1 unspecified atom stereocenters. The van der Waals surface area contributed by atoms with Crippen molar-refractivity contribution < 1.29 is 9.59 Å². The molecule has 2 aliphatic heterocycles. The van der Waals surface area contributed by atoms with Gasteiger partial charge in [0.05, 0.1) is 0 Å². The Hall–Kier alpha value is -1.84. The minimum atomic E-state index is -0.184. The number of imide groups is 1. The molecule has 4 nitrogen and oxygen atoms in total. The Kier molecular flexibility index (Phi) is 3.40. The van der Waals surface area contributed by atoms with Crippen molar-refractivity contribution >= 4 is 17.5 Å². The third-order valence-electron chi connectivity index (χ3n) is 5.41. The lowest BCUT2D eigenvalue weighted by Crippen LogP contribution is -2.52. The molecule has 1 saturated carbocycles. The molecule has 2 fully saturated rings. The van der Waals surface area contributed by atoms with Gasteiger partial charge in [0.1, 0.15) is 6.04 Å². The average molecular weight is 298 g/mol. The summed E-state index contributed by atoms with van der Waals surface area (Å²) in [5.41, 5.74) is 3.99. The fourth-order valence-corrected chi connectivity index (χ4v) is 3.94. The van der Waals surface area contributed by atoms with Crippen LogP contribution in [0.2, 0.25) is 0 Å². The van der Waals surface area contributed by atoms with E-state index in [-0.39, 0.29) is 17.9 Å². The Balaban J connectivity index is 1.52. The highest BCUT2D eigenvalue weighted by molar-refractivity contribution is 6.01. The summed E-state index contributed by atoms with van der Waals surface area (Å²) < 4.78 is 0. The van der Waals surface area contributed by atoms with Gasteiger partial charge in [0.15, 0.2) is 0 Å². The molecule has 0 aromatic heterocycles. The normalized spacial score (nSPS) is 24.9. The first-order valence-electron chi connectivity index (χ1n) is 8.43. The zero-order valence-electron chi connectivity index (χ0n) is 12.8. The summed E-state index contributed by atoms with van der Waals surface area (Å²) in [4.78, 5) is 25.6. The first kappa shape index (κ1) is 13.8. The van der Waals surface area contributed by atoms with Crippen LogP contribution in [0.15, 0.2) is 18.2 Å². The lowest BCUT2D eigenvalue weighted by molar-refractivity contribution is -0.134. The third-order valence-corrected chi connectivity index (χ3v) is 5.41. The van der Waals surface area contributed by atoms with Crippen molar-refractivity contribution in [2.45, 2.75) is 51.0 Å². The van der Waals surface area contributed by atoms with E-state index >= 15 is 0 Å². The number of fused-ring (bicyclic) bond motifs is 1. The van der Waals surface area contributed by atoms with E-state index in [1.54, 1.807) is 0 Å². The van der Waals surface area contributed by atoms with Crippen LogP contribution in [0, 0.1) is 5.92 Å². The van der Waals surface area contributed by atoms with Gasteiger partial charge < -0.3 is 4.90 Å². The standard InChI is InChI=1S/C18H22N2O2/c21-17-7-6-16(18(22)19-17)20-9-8-14-11-13(4-5-15(14)20)10-12-2-1-3-12/h4-5,11-12,16H,1-3,6-10H2,(H,19,21,22). The molecule has 1 aromatic rings. The van der Waals surface area contributed by atoms with E-state index in [0.717, 1.165) is 18.9 Å². The Bertz CT molecular complexity index is 622. The highest BCUT2D eigenvalue weighted by Crippen LogP contribution is 2.35. The van der Waals surface area contributed by atoms with Crippen LogP contribution in [0.1, 0.15) is 43.2 Å². The number of benzene rings is 1. The second kappa shape index (κ2) is 5.41. The van der Waals surface area contributed by atoms with E-state index in [1.807, 2.05) is 0 Å². The van der Waals surface area contributed by atoms with Gasteiger partial charge in [-0.3, -0.25) is 14.9 Å². The Morgan fingerprint density at radius 2 is 2.00 bits per heavy atom. The Labute approximate surface area is 130 Å². The lowest BCUT2D eigenvalue weighted by atomic mass is 9.81. The number of rotatable bonds is 3. The molecule has 1 atom stereocenters. The summed E-state index contributed by atoms with van der Waals surface area (Å²) >= 11 is 0. The van der Waals surface area contributed by atoms with Gasteiger partial charge in [-0.25, -0.2) is 0 Å². The van der Waals surface area contributed by atoms with Gasteiger partial charge in [0.25, 0.3) is 0 Å². The van der Waals surface area contributed by atoms with Crippen LogP contribution in [0.3, 0.4) is 0 Å². The first-order valence-corrected chi connectivity index (χ1v) is 8.43. The molecular weight excluding hydrogens is 276 g/mol. The fourth-order valence-electron chi connectivity index (χ4n) is 3.94. The number of amides is 2. The predicted molar refractivity (Wildman–Crippen MR) is 84.7 cm³/mol. The van der Waals surface area contributed by atoms with Gasteiger partial charge in [-0.15, -0.1) is 0 Å². The van der Waals surface area contributed by atoms with E-state index in [9.17, 15) is 9.59 Å². The van der Waals surface area contributed by atoms with E-state index in [2.05, 4.69) is 28.4 Å². The topological polar surface area (TPSA) is 49.4 Å². The smallest absolute Gasteiger partial charge is 0.249 e. The molecule has 116 valence electrons. The number of hydrogen-bond acceptors (Lipinski definition) is 3. The summed E-state index contributed by atoms with van der Waals surface area (Å²) in [6.45, 7) is 0.883. The molecule has 1 aromatic carbocycles. The lowest BCUT2D eigenvalue weighted by Gasteiger charge is -2.31. The number of hydrogen-bond donors (Lipinski definition) is 1. The minimum absolute atomic E-state index is 0.136. The first-order chi connectivity index (χ1) is 10.7. The molecule has 3 aliphatic rings. The molecule has 0 spiro atoms. The van der Waals surface area contributed by atoms with Gasteiger partial charge in [-0.2, -0.15) is 0 Å².